The van der Waals surface area contributed by atoms with Crippen LogP contribution in [0.1, 0.15) is 18.4 Å². The molecular formula is C13H19ClN2O. The number of hydrogen-bond acceptors (Lipinski definition) is 3. The van der Waals surface area contributed by atoms with E-state index in [9.17, 15) is 0 Å². The van der Waals surface area contributed by atoms with E-state index in [2.05, 4.69) is 16.9 Å². The average Bonchev–Trinajstić information content (AvgIpc) is 2.40. The highest BCUT2D eigenvalue weighted by molar-refractivity contribution is 6.17. The molecule has 94 valence electrons. The van der Waals surface area contributed by atoms with Crippen molar-refractivity contribution in [3.63, 3.8) is 0 Å². The summed E-state index contributed by atoms with van der Waals surface area (Å²) in [5.74, 6) is 1.26. The normalized spacial score (nSPS) is 17.1. The summed E-state index contributed by atoms with van der Waals surface area (Å²) in [4.78, 5) is 6.45. The van der Waals surface area contributed by atoms with Crippen LogP contribution in [0.3, 0.4) is 0 Å². The standard InChI is InChI=1S/C13H19ClN2O/c1-16(10-11-3-6-17-7-4-11)13-9-15-5-2-12(13)8-14/h2,5,9,11H,3-4,6-8,10H2,1H3. The minimum Gasteiger partial charge on any atom is -0.381 e. The molecule has 0 saturated carbocycles. The first-order valence-corrected chi connectivity index (χ1v) is 6.62. The highest BCUT2D eigenvalue weighted by Crippen LogP contribution is 2.23. The molecule has 2 rings (SSSR count). The van der Waals surface area contributed by atoms with E-state index < -0.39 is 0 Å². The van der Waals surface area contributed by atoms with Crippen LogP contribution in [0.25, 0.3) is 0 Å². The molecule has 0 bridgehead atoms. The monoisotopic (exact) mass is 254 g/mol. The highest BCUT2D eigenvalue weighted by atomic mass is 35.5. The van der Waals surface area contributed by atoms with Crippen molar-refractivity contribution >= 4 is 17.3 Å². The molecule has 1 aliphatic rings. The second-order valence-corrected chi connectivity index (χ2v) is 4.84. The molecule has 1 saturated heterocycles. The second-order valence-electron chi connectivity index (χ2n) is 4.57. The molecular weight excluding hydrogens is 236 g/mol. The summed E-state index contributed by atoms with van der Waals surface area (Å²) in [5, 5.41) is 0. The van der Waals surface area contributed by atoms with E-state index >= 15 is 0 Å². The van der Waals surface area contributed by atoms with Gasteiger partial charge in [0.1, 0.15) is 0 Å². The number of alkyl halides is 1. The van der Waals surface area contributed by atoms with Gasteiger partial charge < -0.3 is 9.64 Å². The predicted molar refractivity (Wildman–Crippen MR) is 70.6 cm³/mol. The molecule has 1 aliphatic heterocycles. The van der Waals surface area contributed by atoms with Crippen molar-refractivity contribution in [3.05, 3.63) is 24.0 Å². The quantitative estimate of drug-likeness (QED) is 0.773. The van der Waals surface area contributed by atoms with E-state index in [0.717, 1.165) is 49.8 Å². The average molecular weight is 255 g/mol. The molecule has 2 heterocycles. The van der Waals surface area contributed by atoms with Crippen molar-refractivity contribution in [2.75, 3.05) is 31.7 Å². The minimum absolute atomic E-state index is 0.538. The smallest absolute Gasteiger partial charge is 0.0595 e. The van der Waals surface area contributed by atoms with E-state index in [1.807, 2.05) is 12.3 Å². The zero-order chi connectivity index (χ0) is 12.1. The molecule has 3 nitrogen and oxygen atoms in total. The first kappa shape index (κ1) is 12.7. The van der Waals surface area contributed by atoms with Gasteiger partial charge in [0.15, 0.2) is 0 Å². The van der Waals surface area contributed by atoms with E-state index in [1.54, 1.807) is 6.20 Å². The van der Waals surface area contributed by atoms with Crippen LogP contribution in [0.4, 0.5) is 5.69 Å². The summed E-state index contributed by atoms with van der Waals surface area (Å²) < 4.78 is 5.38. The Morgan fingerprint density at radius 1 is 1.47 bits per heavy atom. The molecule has 0 unspecified atom stereocenters. The number of anilines is 1. The van der Waals surface area contributed by atoms with E-state index in [4.69, 9.17) is 16.3 Å². The van der Waals surface area contributed by atoms with Crippen molar-refractivity contribution in [2.24, 2.45) is 5.92 Å². The maximum atomic E-state index is 5.94. The lowest BCUT2D eigenvalue weighted by Crippen LogP contribution is -2.30. The van der Waals surface area contributed by atoms with E-state index in [0.29, 0.717) is 5.88 Å². The van der Waals surface area contributed by atoms with Gasteiger partial charge in [-0.25, -0.2) is 0 Å². The third-order valence-corrected chi connectivity index (χ3v) is 3.60. The van der Waals surface area contributed by atoms with Crippen molar-refractivity contribution < 1.29 is 4.74 Å². The Morgan fingerprint density at radius 2 is 2.24 bits per heavy atom. The largest absolute Gasteiger partial charge is 0.381 e. The van der Waals surface area contributed by atoms with Crippen molar-refractivity contribution in [2.45, 2.75) is 18.7 Å². The van der Waals surface area contributed by atoms with Crippen molar-refractivity contribution in [3.8, 4) is 0 Å². The maximum absolute atomic E-state index is 5.94. The van der Waals surface area contributed by atoms with Gasteiger partial charge >= 0.3 is 0 Å². The number of aromatic nitrogens is 1. The first-order chi connectivity index (χ1) is 8.31. The molecule has 0 spiro atoms. The number of hydrogen-bond donors (Lipinski definition) is 0. The van der Waals surface area contributed by atoms with Gasteiger partial charge in [0.05, 0.1) is 11.9 Å². The topological polar surface area (TPSA) is 25.4 Å². The Morgan fingerprint density at radius 3 is 2.94 bits per heavy atom. The lowest BCUT2D eigenvalue weighted by Gasteiger charge is -2.29. The molecule has 0 atom stereocenters. The van der Waals surface area contributed by atoms with Gasteiger partial charge in [0.25, 0.3) is 0 Å². The Hall–Kier alpha value is -0.800. The van der Waals surface area contributed by atoms with Crippen LogP contribution in [0.15, 0.2) is 18.5 Å². The molecule has 0 N–H and O–H groups in total. The third kappa shape index (κ3) is 3.33. The number of halogens is 1. The number of rotatable bonds is 4. The molecule has 0 amide bonds. The zero-order valence-electron chi connectivity index (χ0n) is 10.2. The minimum atomic E-state index is 0.538. The van der Waals surface area contributed by atoms with Crippen LogP contribution in [-0.4, -0.2) is 31.8 Å². The summed E-state index contributed by atoms with van der Waals surface area (Å²) in [5.41, 5.74) is 2.30. The summed E-state index contributed by atoms with van der Waals surface area (Å²) in [6.45, 7) is 2.85. The van der Waals surface area contributed by atoms with Crippen LogP contribution in [-0.2, 0) is 10.6 Å². The van der Waals surface area contributed by atoms with Crippen LogP contribution in [0, 0.1) is 5.92 Å². The molecule has 1 fully saturated rings. The Kier molecular flexibility index (Phi) is 4.63. The Bertz CT molecular complexity index is 353. The highest BCUT2D eigenvalue weighted by Gasteiger charge is 2.17. The fraction of sp³-hybridized carbons (Fsp3) is 0.615. The molecule has 17 heavy (non-hydrogen) atoms. The lowest BCUT2D eigenvalue weighted by molar-refractivity contribution is 0.0685. The van der Waals surface area contributed by atoms with Gasteiger partial charge in [-0.2, -0.15) is 0 Å². The SMILES string of the molecule is CN(CC1CCOCC1)c1cnccc1CCl. The summed E-state index contributed by atoms with van der Waals surface area (Å²) in [6.07, 6.45) is 6.00. The summed E-state index contributed by atoms with van der Waals surface area (Å²) >= 11 is 5.94. The van der Waals surface area contributed by atoms with Crippen molar-refractivity contribution in [1.82, 2.24) is 4.98 Å². The molecule has 0 aliphatic carbocycles. The van der Waals surface area contributed by atoms with Crippen molar-refractivity contribution in [1.29, 1.82) is 0 Å². The number of ether oxygens (including phenoxy) is 1. The lowest BCUT2D eigenvalue weighted by atomic mass is 9.99. The van der Waals surface area contributed by atoms with Gasteiger partial charge in [-0.3, -0.25) is 4.98 Å². The molecule has 1 aromatic rings. The second kappa shape index (κ2) is 6.22. The van der Waals surface area contributed by atoms with Crippen LogP contribution in [0.5, 0.6) is 0 Å². The van der Waals surface area contributed by atoms with Gasteiger partial charge in [-0.1, -0.05) is 0 Å². The molecule has 0 aromatic carbocycles. The zero-order valence-corrected chi connectivity index (χ0v) is 11.0. The predicted octanol–water partition coefficient (Wildman–Crippen LogP) is 2.68. The first-order valence-electron chi connectivity index (χ1n) is 6.09. The fourth-order valence-electron chi connectivity index (χ4n) is 2.29. The van der Waals surface area contributed by atoms with Crippen LogP contribution < -0.4 is 4.90 Å². The maximum Gasteiger partial charge on any atom is 0.0595 e. The van der Waals surface area contributed by atoms with Gasteiger partial charge in [-0.15, -0.1) is 11.6 Å². The van der Waals surface area contributed by atoms with Gasteiger partial charge in [-0.05, 0) is 30.4 Å². The Balaban J connectivity index is 2.00. The van der Waals surface area contributed by atoms with Crippen LogP contribution in [0.2, 0.25) is 0 Å². The van der Waals surface area contributed by atoms with Gasteiger partial charge in [0, 0.05) is 38.9 Å². The number of pyridine rings is 1. The third-order valence-electron chi connectivity index (χ3n) is 3.32. The van der Waals surface area contributed by atoms with Crippen LogP contribution >= 0.6 is 11.6 Å². The van der Waals surface area contributed by atoms with E-state index in [-0.39, 0.29) is 0 Å². The van der Waals surface area contributed by atoms with E-state index in [1.165, 1.54) is 0 Å². The number of nitrogens with zero attached hydrogens (tertiary/aromatic N) is 2. The molecule has 1 aromatic heterocycles. The summed E-state index contributed by atoms with van der Waals surface area (Å²) in [6, 6.07) is 1.99. The Labute approximate surface area is 108 Å². The van der Waals surface area contributed by atoms with Gasteiger partial charge in [0.2, 0.25) is 0 Å². The molecule has 4 heteroatoms. The molecule has 0 radical (unpaired) electrons. The fourth-order valence-corrected chi connectivity index (χ4v) is 2.51. The summed E-state index contributed by atoms with van der Waals surface area (Å²) in [7, 11) is 2.11.